The Morgan fingerprint density at radius 1 is 1.22 bits per heavy atom. The molecule has 1 aromatic carbocycles. The van der Waals surface area contributed by atoms with Crippen LogP contribution in [0, 0.1) is 11.8 Å². The molecule has 0 radical (unpaired) electrons. The summed E-state index contributed by atoms with van der Waals surface area (Å²) in [5.74, 6) is 0.324. The molecule has 0 spiro atoms. The molecule has 23 heavy (non-hydrogen) atoms. The molecule has 5 heteroatoms. The van der Waals surface area contributed by atoms with Crippen molar-refractivity contribution in [1.82, 2.24) is 5.32 Å². The summed E-state index contributed by atoms with van der Waals surface area (Å²) in [6.45, 7) is 8.39. The van der Waals surface area contributed by atoms with Gasteiger partial charge in [0.25, 0.3) is 0 Å². The minimum atomic E-state index is -0.492. The molecule has 1 rings (SSSR count). The summed E-state index contributed by atoms with van der Waals surface area (Å²) in [4.78, 5) is 23.8. The van der Waals surface area contributed by atoms with Gasteiger partial charge in [-0.2, -0.15) is 0 Å². The van der Waals surface area contributed by atoms with Crippen molar-refractivity contribution in [2.75, 3.05) is 5.32 Å². The monoisotopic (exact) mass is 319 g/mol. The molecule has 0 saturated carbocycles. The Morgan fingerprint density at radius 3 is 2.52 bits per heavy atom. The topological polar surface area (TPSA) is 84.2 Å². The first-order valence-corrected chi connectivity index (χ1v) is 8.25. The van der Waals surface area contributed by atoms with Gasteiger partial charge in [0.2, 0.25) is 11.8 Å². The van der Waals surface area contributed by atoms with Crippen LogP contribution in [0.25, 0.3) is 0 Å². The van der Waals surface area contributed by atoms with Crippen molar-refractivity contribution in [3.05, 3.63) is 29.8 Å². The Bertz CT molecular complexity index is 529. The van der Waals surface area contributed by atoms with Gasteiger partial charge >= 0.3 is 0 Å². The number of benzene rings is 1. The lowest BCUT2D eigenvalue weighted by atomic mass is 9.99. The Labute approximate surface area is 139 Å². The maximum absolute atomic E-state index is 12.0. The van der Waals surface area contributed by atoms with Crippen LogP contribution < -0.4 is 16.4 Å². The SMILES string of the molecule is CCC(C)C(N)C(=O)NCc1cccc(NC(=O)CC(C)C)c1. The first kappa shape index (κ1) is 19.2. The van der Waals surface area contributed by atoms with E-state index in [0.29, 0.717) is 18.9 Å². The minimum Gasteiger partial charge on any atom is -0.351 e. The molecule has 1 aromatic rings. The van der Waals surface area contributed by atoms with E-state index < -0.39 is 6.04 Å². The average molecular weight is 319 g/mol. The predicted octanol–water partition coefficient (Wildman–Crippen LogP) is 2.66. The number of nitrogens with one attached hydrogen (secondary N) is 2. The van der Waals surface area contributed by atoms with Crippen molar-refractivity contribution in [2.45, 2.75) is 53.1 Å². The van der Waals surface area contributed by atoms with Crippen molar-refractivity contribution >= 4 is 17.5 Å². The van der Waals surface area contributed by atoms with Crippen LogP contribution in [0.3, 0.4) is 0 Å². The third-order valence-electron chi connectivity index (χ3n) is 3.83. The van der Waals surface area contributed by atoms with Crippen molar-refractivity contribution in [3.8, 4) is 0 Å². The number of carbonyl (C=O) groups excluding carboxylic acids is 2. The first-order chi connectivity index (χ1) is 10.8. The number of hydrogen-bond acceptors (Lipinski definition) is 3. The highest BCUT2D eigenvalue weighted by molar-refractivity contribution is 5.90. The fraction of sp³-hybridized carbons (Fsp3) is 0.556. The second-order valence-electron chi connectivity index (χ2n) is 6.48. The molecule has 0 aliphatic rings. The molecule has 4 N–H and O–H groups in total. The van der Waals surface area contributed by atoms with E-state index in [9.17, 15) is 9.59 Å². The van der Waals surface area contributed by atoms with E-state index in [0.717, 1.165) is 17.7 Å². The summed E-state index contributed by atoms with van der Waals surface area (Å²) in [6.07, 6.45) is 1.36. The van der Waals surface area contributed by atoms with Gasteiger partial charge in [-0.05, 0) is 29.5 Å². The zero-order chi connectivity index (χ0) is 17.4. The smallest absolute Gasteiger partial charge is 0.237 e. The van der Waals surface area contributed by atoms with Gasteiger partial charge in [-0.25, -0.2) is 0 Å². The van der Waals surface area contributed by atoms with Gasteiger partial charge in [-0.15, -0.1) is 0 Å². The molecule has 0 aliphatic carbocycles. The Hall–Kier alpha value is -1.88. The number of anilines is 1. The fourth-order valence-corrected chi connectivity index (χ4v) is 2.16. The van der Waals surface area contributed by atoms with Crippen LogP contribution in [0.2, 0.25) is 0 Å². The van der Waals surface area contributed by atoms with E-state index >= 15 is 0 Å². The second kappa shape index (κ2) is 9.30. The van der Waals surface area contributed by atoms with Crippen LogP contribution in [0.5, 0.6) is 0 Å². The minimum absolute atomic E-state index is 0.0000200. The molecule has 0 aliphatic heterocycles. The van der Waals surface area contributed by atoms with Crippen LogP contribution in [0.15, 0.2) is 24.3 Å². The predicted molar refractivity (Wildman–Crippen MR) is 93.8 cm³/mol. The summed E-state index contributed by atoms with van der Waals surface area (Å²) < 4.78 is 0. The van der Waals surface area contributed by atoms with Gasteiger partial charge < -0.3 is 16.4 Å². The lowest BCUT2D eigenvalue weighted by molar-refractivity contribution is -0.123. The second-order valence-corrected chi connectivity index (χ2v) is 6.48. The zero-order valence-corrected chi connectivity index (χ0v) is 14.6. The van der Waals surface area contributed by atoms with Gasteiger partial charge in [0.05, 0.1) is 6.04 Å². The van der Waals surface area contributed by atoms with E-state index in [1.807, 2.05) is 52.0 Å². The van der Waals surface area contributed by atoms with Crippen LogP contribution in [-0.4, -0.2) is 17.9 Å². The van der Waals surface area contributed by atoms with Crippen LogP contribution >= 0.6 is 0 Å². The van der Waals surface area contributed by atoms with E-state index in [-0.39, 0.29) is 17.7 Å². The highest BCUT2D eigenvalue weighted by atomic mass is 16.2. The molecule has 2 unspecified atom stereocenters. The van der Waals surface area contributed by atoms with Crippen molar-refractivity contribution in [3.63, 3.8) is 0 Å². The normalized spacial score (nSPS) is 13.5. The standard InChI is InChI=1S/C18H29N3O2/c1-5-13(4)17(19)18(23)20-11-14-7-6-8-15(10-14)21-16(22)9-12(2)3/h6-8,10,12-13,17H,5,9,11,19H2,1-4H3,(H,20,23)(H,21,22). The van der Waals surface area contributed by atoms with Crippen LogP contribution in [0.1, 0.15) is 46.1 Å². The number of rotatable bonds is 8. The summed E-state index contributed by atoms with van der Waals surface area (Å²) in [5, 5.41) is 5.73. The van der Waals surface area contributed by atoms with E-state index in [1.54, 1.807) is 0 Å². The molecular formula is C18H29N3O2. The lowest BCUT2D eigenvalue weighted by Crippen LogP contribution is -2.44. The molecule has 2 amide bonds. The Morgan fingerprint density at radius 2 is 1.91 bits per heavy atom. The molecule has 0 saturated heterocycles. The van der Waals surface area contributed by atoms with Crippen molar-refractivity contribution in [2.24, 2.45) is 17.6 Å². The van der Waals surface area contributed by atoms with Crippen LogP contribution in [0.4, 0.5) is 5.69 Å². The summed E-state index contributed by atoms with van der Waals surface area (Å²) in [6, 6.07) is 6.99. The zero-order valence-electron chi connectivity index (χ0n) is 14.6. The number of amides is 2. The number of hydrogen-bond donors (Lipinski definition) is 3. The van der Waals surface area contributed by atoms with Gasteiger partial charge in [0.1, 0.15) is 0 Å². The summed E-state index contributed by atoms with van der Waals surface area (Å²) in [5.41, 5.74) is 7.58. The number of nitrogens with two attached hydrogens (primary N) is 1. The van der Waals surface area contributed by atoms with Crippen LogP contribution in [-0.2, 0) is 16.1 Å². The molecule has 0 aromatic heterocycles. The largest absolute Gasteiger partial charge is 0.351 e. The molecule has 2 atom stereocenters. The van der Waals surface area contributed by atoms with Gasteiger partial charge in [0, 0.05) is 18.7 Å². The fourth-order valence-electron chi connectivity index (χ4n) is 2.16. The summed E-state index contributed by atoms with van der Waals surface area (Å²) in [7, 11) is 0. The third kappa shape index (κ3) is 6.82. The van der Waals surface area contributed by atoms with Crippen molar-refractivity contribution in [1.29, 1.82) is 0 Å². The van der Waals surface area contributed by atoms with E-state index in [2.05, 4.69) is 10.6 Å². The van der Waals surface area contributed by atoms with Gasteiger partial charge in [0.15, 0.2) is 0 Å². The van der Waals surface area contributed by atoms with Gasteiger partial charge in [-0.1, -0.05) is 46.2 Å². The Kier molecular flexibility index (Phi) is 7.75. The average Bonchev–Trinajstić information content (AvgIpc) is 2.50. The lowest BCUT2D eigenvalue weighted by Gasteiger charge is -2.18. The maximum atomic E-state index is 12.0. The van der Waals surface area contributed by atoms with E-state index in [4.69, 9.17) is 5.73 Å². The molecule has 0 fully saturated rings. The maximum Gasteiger partial charge on any atom is 0.237 e. The van der Waals surface area contributed by atoms with Gasteiger partial charge in [-0.3, -0.25) is 9.59 Å². The molecule has 5 nitrogen and oxygen atoms in total. The first-order valence-electron chi connectivity index (χ1n) is 8.25. The van der Waals surface area contributed by atoms with E-state index in [1.165, 1.54) is 0 Å². The molecule has 128 valence electrons. The molecular weight excluding hydrogens is 290 g/mol. The molecule has 0 bridgehead atoms. The highest BCUT2D eigenvalue weighted by Gasteiger charge is 2.18. The highest BCUT2D eigenvalue weighted by Crippen LogP contribution is 2.12. The molecule has 0 heterocycles. The summed E-state index contributed by atoms with van der Waals surface area (Å²) >= 11 is 0. The van der Waals surface area contributed by atoms with Crippen molar-refractivity contribution < 1.29 is 9.59 Å². The Balaban J connectivity index is 2.57. The number of carbonyl (C=O) groups is 2. The third-order valence-corrected chi connectivity index (χ3v) is 3.83. The quantitative estimate of drug-likeness (QED) is 0.688.